The first kappa shape index (κ1) is 24.0. The topological polar surface area (TPSA) is 82.1 Å². The predicted octanol–water partition coefficient (Wildman–Crippen LogP) is 4.16. The Morgan fingerprint density at radius 3 is 2.55 bits per heavy atom. The molecule has 0 aromatic heterocycles. The molecule has 6 nitrogen and oxygen atoms in total. The van der Waals surface area contributed by atoms with Gasteiger partial charge in [-0.3, -0.25) is 0 Å². The van der Waals surface area contributed by atoms with Crippen LogP contribution in [0.4, 0.5) is 0 Å². The fraction of sp³-hybridized carbons (Fsp3) is 0.630. The highest BCUT2D eigenvalue weighted by atomic mass is 16.6. The van der Waals surface area contributed by atoms with E-state index in [9.17, 15) is 14.7 Å². The van der Waals surface area contributed by atoms with Gasteiger partial charge in [-0.2, -0.15) is 0 Å². The lowest BCUT2D eigenvalue weighted by Crippen LogP contribution is -2.62. The van der Waals surface area contributed by atoms with Crippen LogP contribution in [0.2, 0.25) is 0 Å². The second-order valence-electron chi connectivity index (χ2n) is 10.5. The number of aliphatic hydroxyl groups excluding tert-OH is 1. The minimum absolute atomic E-state index is 0.0420. The molecule has 1 unspecified atom stereocenters. The van der Waals surface area contributed by atoms with Crippen LogP contribution >= 0.6 is 0 Å². The molecule has 2 heterocycles. The van der Waals surface area contributed by atoms with Gasteiger partial charge in [-0.1, -0.05) is 51.1 Å². The molecule has 1 aromatic carbocycles. The number of hydrogen-bond acceptors (Lipinski definition) is 6. The van der Waals surface area contributed by atoms with Gasteiger partial charge in [-0.15, -0.1) is 0 Å². The lowest BCUT2D eigenvalue weighted by Gasteiger charge is -2.52. The van der Waals surface area contributed by atoms with E-state index < -0.39 is 36.0 Å². The minimum atomic E-state index is -0.751. The van der Waals surface area contributed by atoms with E-state index in [4.69, 9.17) is 14.2 Å². The molecule has 7 atom stereocenters. The van der Waals surface area contributed by atoms with Crippen molar-refractivity contribution < 1.29 is 28.9 Å². The Labute approximate surface area is 196 Å². The molecule has 4 rings (SSSR count). The van der Waals surface area contributed by atoms with Gasteiger partial charge in [0, 0.05) is 18.4 Å². The summed E-state index contributed by atoms with van der Waals surface area (Å²) in [7, 11) is 0. The molecule has 2 bridgehead atoms. The van der Waals surface area contributed by atoms with Crippen LogP contribution in [0.5, 0.6) is 0 Å². The van der Waals surface area contributed by atoms with Crippen molar-refractivity contribution >= 4 is 17.5 Å². The van der Waals surface area contributed by atoms with Gasteiger partial charge in [0.05, 0.1) is 0 Å². The zero-order chi connectivity index (χ0) is 24.0. The first-order chi connectivity index (χ1) is 15.6. The van der Waals surface area contributed by atoms with Crippen molar-refractivity contribution in [3.8, 4) is 0 Å². The van der Waals surface area contributed by atoms with Crippen LogP contribution in [0.1, 0.15) is 59.4 Å². The number of carbonyl (C=O) groups excluding carboxylic acids is 2. The fourth-order valence-electron chi connectivity index (χ4n) is 6.56. The number of esters is 2. The molecule has 0 spiro atoms. The summed E-state index contributed by atoms with van der Waals surface area (Å²) in [6, 6.07) is 9.77. The second-order valence-corrected chi connectivity index (χ2v) is 10.5. The summed E-state index contributed by atoms with van der Waals surface area (Å²) in [4.78, 5) is 25.2. The molecule has 3 fully saturated rings. The molecule has 1 saturated carbocycles. The lowest BCUT2D eigenvalue weighted by atomic mass is 9.69. The fourth-order valence-corrected chi connectivity index (χ4v) is 6.56. The number of rotatable bonds is 6. The third-order valence-corrected chi connectivity index (χ3v) is 8.36. The van der Waals surface area contributed by atoms with Gasteiger partial charge < -0.3 is 19.3 Å². The highest BCUT2D eigenvalue weighted by Crippen LogP contribution is 2.63. The Balaban J connectivity index is 1.68. The molecule has 0 radical (unpaired) electrons. The van der Waals surface area contributed by atoms with E-state index in [0.717, 1.165) is 24.0 Å². The Hall–Kier alpha value is -2.18. The Morgan fingerprint density at radius 2 is 1.91 bits per heavy atom. The molecule has 0 amide bonds. The third-order valence-electron chi connectivity index (χ3n) is 8.36. The van der Waals surface area contributed by atoms with E-state index in [1.54, 1.807) is 6.08 Å². The minimum Gasteiger partial charge on any atom is -0.457 e. The van der Waals surface area contributed by atoms with Crippen molar-refractivity contribution in [2.24, 2.45) is 23.7 Å². The molecule has 2 saturated heterocycles. The number of benzene rings is 1. The van der Waals surface area contributed by atoms with Crippen LogP contribution in [0.3, 0.4) is 0 Å². The van der Waals surface area contributed by atoms with Crippen molar-refractivity contribution in [3.05, 3.63) is 42.0 Å². The highest BCUT2D eigenvalue weighted by molar-refractivity contribution is 5.91. The Kier molecular flexibility index (Phi) is 6.45. The largest absolute Gasteiger partial charge is 0.457 e. The summed E-state index contributed by atoms with van der Waals surface area (Å²) in [6.45, 7) is 9.63. The van der Waals surface area contributed by atoms with Crippen molar-refractivity contribution in [1.29, 1.82) is 0 Å². The first-order valence-electron chi connectivity index (χ1n) is 12.1. The highest BCUT2D eigenvalue weighted by Gasteiger charge is 2.72. The van der Waals surface area contributed by atoms with Crippen LogP contribution in [0.15, 0.2) is 36.4 Å². The van der Waals surface area contributed by atoms with Crippen LogP contribution in [0.25, 0.3) is 5.57 Å². The predicted molar refractivity (Wildman–Crippen MR) is 124 cm³/mol. The number of carbonyl (C=O) groups is 2. The molecule has 3 aliphatic rings. The summed E-state index contributed by atoms with van der Waals surface area (Å²) in [5.41, 5.74) is 0.407. The van der Waals surface area contributed by atoms with Gasteiger partial charge in [-0.25, -0.2) is 9.59 Å². The van der Waals surface area contributed by atoms with Gasteiger partial charge in [0.25, 0.3) is 0 Å². The monoisotopic (exact) mass is 456 g/mol. The molecular weight excluding hydrogens is 420 g/mol. The Morgan fingerprint density at radius 1 is 1.21 bits per heavy atom. The van der Waals surface area contributed by atoms with Crippen LogP contribution < -0.4 is 0 Å². The first-order valence-corrected chi connectivity index (χ1v) is 12.1. The van der Waals surface area contributed by atoms with Crippen LogP contribution in [0, 0.1) is 23.7 Å². The van der Waals surface area contributed by atoms with E-state index in [1.807, 2.05) is 44.2 Å². The molecule has 1 aliphatic carbocycles. The van der Waals surface area contributed by atoms with E-state index in [2.05, 4.69) is 20.8 Å². The van der Waals surface area contributed by atoms with Gasteiger partial charge in [0.2, 0.25) is 0 Å². The zero-order valence-corrected chi connectivity index (χ0v) is 20.2. The summed E-state index contributed by atoms with van der Waals surface area (Å²) in [5, 5.41) is 9.28. The van der Waals surface area contributed by atoms with Gasteiger partial charge in [-0.05, 0) is 55.6 Å². The summed E-state index contributed by atoms with van der Waals surface area (Å²) in [5.74, 6) is -0.383. The summed E-state index contributed by atoms with van der Waals surface area (Å²) >= 11 is 0. The normalized spacial score (nSPS) is 37.7. The summed E-state index contributed by atoms with van der Waals surface area (Å²) in [6.07, 6.45) is 3.03. The van der Waals surface area contributed by atoms with Gasteiger partial charge in [0.15, 0.2) is 0 Å². The standard InChI is InChI=1S/C27H36O6/c1-16(2)27-14-21(31-23(30)15-28)26(5,33-27)20-12-11-17(3)24(20)25(27)32-22(29)13-18(4)19-9-7-6-8-10-19/h6-10,13,16-17,20-21,24-25,28H,11-12,14-15H2,1-5H3/b18-13+/t17-,20-,21-,24-,25+,26+,27?/m1/s1. The number of fused-ring (bicyclic) bond motifs is 4. The van der Waals surface area contributed by atoms with Crippen molar-refractivity contribution in [1.82, 2.24) is 0 Å². The van der Waals surface area contributed by atoms with Gasteiger partial charge in [0.1, 0.15) is 30.0 Å². The summed E-state index contributed by atoms with van der Waals surface area (Å²) < 4.78 is 18.8. The van der Waals surface area contributed by atoms with Crippen LogP contribution in [-0.2, 0) is 23.8 Å². The number of hydrogen-bond donors (Lipinski definition) is 1. The maximum atomic E-state index is 13.1. The second kappa shape index (κ2) is 8.88. The average Bonchev–Trinajstić information content (AvgIpc) is 3.30. The lowest BCUT2D eigenvalue weighted by molar-refractivity contribution is -0.264. The van der Waals surface area contributed by atoms with E-state index in [1.165, 1.54) is 0 Å². The quantitative estimate of drug-likeness (QED) is 0.511. The van der Waals surface area contributed by atoms with Gasteiger partial charge >= 0.3 is 11.9 Å². The maximum absolute atomic E-state index is 13.1. The SMILES string of the molecule is C/C(=C\C(=O)O[C@H]1[C@@H]2[C@H](C)CC[C@H]2[C@]2(C)OC1(C(C)C)C[C@H]2OC(=O)CO)c1ccccc1. The van der Waals surface area contributed by atoms with Crippen molar-refractivity contribution in [3.63, 3.8) is 0 Å². The molecule has 33 heavy (non-hydrogen) atoms. The molecule has 1 aromatic rings. The van der Waals surface area contributed by atoms with Crippen molar-refractivity contribution in [2.75, 3.05) is 6.61 Å². The Bertz CT molecular complexity index is 924. The molecule has 6 heteroatoms. The molecule has 180 valence electrons. The zero-order valence-electron chi connectivity index (χ0n) is 20.2. The number of allylic oxidation sites excluding steroid dienone is 1. The maximum Gasteiger partial charge on any atom is 0.332 e. The average molecular weight is 457 g/mol. The van der Waals surface area contributed by atoms with E-state index in [0.29, 0.717) is 12.3 Å². The molecule has 2 aliphatic heterocycles. The number of ether oxygens (including phenoxy) is 3. The van der Waals surface area contributed by atoms with E-state index in [-0.39, 0.29) is 23.7 Å². The van der Waals surface area contributed by atoms with Crippen molar-refractivity contribution in [2.45, 2.75) is 77.3 Å². The van der Waals surface area contributed by atoms with E-state index >= 15 is 0 Å². The molecular formula is C27H36O6. The van der Waals surface area contributed by atoms with Crippen LogP contribution in [-0.4, -0.2) is 47.1 Å². The molecule has 1 N–H and O–H groups in total. The smallest absolute Gasteiger partial charge is 0.332 e. The third kappa shape index (κ3) is 4.01. The number of aliphatic hydroxyl groups is 1.